The summed E-state index contributed by atoms with van der Waals surface area (Å²) in [6.07, 6.45) is 8.82. The predicted octanol–water partition coefficient (Wildman–Crippen LogP) is 3.96. The van der Waals surface area contributed by atoms with Gasteiger partial charge in [0.1, 0.15) is 5.75 Å². The number of carbonyl (C=O) groups is 1. The normalized spacial score (nSPS) is 34.8. The molecule has 4 fully saturated rings. The van der Waals surface area contributed by atoms with Gasteiger partial charge in [0.15, 0.2) is 0 Å². The van der Waals surface area contributed by atoms with Gasteiger partial charge in [0.05, 0.1) is 13.5 Å². The molecule has 4 bridgehead atoms. The fourth-order valence-electron chi connectivity index (χ4n) is 6.08. The minimum absolute atomic E-state index is 0.156. The van der Waals surface area contributed by atoms with E-state index in [0.717, 1.165) is 29.1 Å². The van der Waals surface area contributed by atoms with Crippen molar-refractivity contribution in [2.24, 2.45) is 23.2 Å². The van der Waals surface area contributed by atoms with Crippen LogP contribution in [-0.2, 0) is 11.2 Å². The van der Waals surface area contributed by atoms with Crippen molar-refractivity contribution >= 4 is 5.91 Å². The number of hydrogen-bond acceptors (Lipinski definition) is 2. The Morgan fingerprint density at radius 2 is 1.67 bits per heavy atom. The van der Waals surface area contributed by atoms with Crippen molar-refractivity contribution in [3.8, 4) is 5.75 Å². The highest BCUT2D eigenvalue weighted by molar-refractivity contribution is 5.79. The van der Waals surface area contributed by atoms with Crippen LogP contribution in [-0.4, -0.2) is 19.1 Å². The molecule has 0 spiro atoms. The number of hydrogen-bond donors (Lipinski definition) is 1. The molecular formula is C21H29NO2. The number of nitrogens with one attached hydrogen (secondary N) is 1. The third-order valence-corrected chi connectivity index (χ3v) is 6.91. The molecule has 4 aliphatic carbocycles. The smallest absolute Gasteiger partial charge is 0.224 e. The molecule has 0 heterocycles. The van der Waals surface area contributed by atoms with Gasteiger partial charge in [-0.2, -0.15) is 0 Å². The van der Waals surface area contributed by atoms with Crippen molar-refractivity contribution in [3.63, 3.8) is 0 Å². The molecule has 0 radical (unpaired) electrons. The van der Waals surface area contributed by atoms with Crippen LogP contribution in [0.25, 0.3) is 0 Å². The first-order valence-corrected chi connectivity index (χ1v) is 9.48. The summed E-state index contributed by atoms with van der Waals surface area (Å²) in [6, 6.07) is 8.11. The quantitative estimate of drug-likeness (QED) is 0.889. The average molecular weight is 327 g/mol. The molecule has 3 nitrogen and oxygen atoms in total. The van der Waals surface area contributed by atoms with Gasteiger partial charge in [-0.15, -0.1) is 0 Å². The molecule has 1 N–H and O–H groups in total. The van der Waals surface area contributed by atoms with Crippen molar-refractivity contribution in [2.75, 3.05) is 7.11 Å². The summed E-state index contributed by atoms with van der Waals surface area (Å²) in [5.41, 5.74) is 1.43. The Hall–Kier alpha value is -1.51. The summed E-state index contributed by atoms with van der Waals surface area (Å²) in [7, 11) is 1.66. The van der Waals surface area contributed by atoms with Crippen LogP contribution in [0.4, 0.5) is 0 Å². The second-order valence-corrected chi connectivity index (χ2v) is 8.59. The maximum absolute atomic E-state index is 12.5. The van der Waals surface area contributed by atoms with Crippen LogP contribution in [0.1, 0.15) is 51.0 Å². The van der Waals surface area contributed by atoms with Gasteiger partial charge >= 0.3 is 0 Å². The molecule has 24 heavy (non-hydrogen) atoms. The summed E-state index contributed by atoms with van der Waals surface area (Å²) in [4.78, 5) is 12.5. The maximum atomic E-state index is 12.5. The van der Waals surface area contributed by atoms with Crippen LogP contribution < -0.4 is 10.1 Å². The maximum Gasteiger partial charge on any atom is 0.224 e. The number of benzene rings is 1. The van der Waals surface area contributed by atoms with Gasteiger partial charge in [0, 0.05) is 6.04 Å². The molecular weight excluding hydrogens is 298 g/mol. The molecule has 130 valence electrons. The lowest BCUT2D eigenvalue weighted by atomic mass is 9.48. The minimum Gasteiger partial charge on any atom is -0.497 e. The highest BCUT2D eigenvalue weighted by Gasteiger charge is 2.53. The van der Waals surface area contributed by atoms with Crippen molar-refractivity contribution in [1.82, 2.24) is 5.32 Å². The molecule has 0 aromatic heterocycles. The third-order valence-electron chi connectivity index (χ3n) is 6.91. The van der Waals surface area contributed by atoms with E-state index in [1.807, 2.05) is 24.3 Å². The Kier molecular flexibility index (Phi) is 4.06. The lowest BCUT2D eigenvalue weighted by Crippen LogP contribution is -2.56. The molecule has 0 aliphatic heterocycles. The summed E-state index contributed by atoms with van der Waals surface area (Å²) < 4.78 is 5.18. The van der Waals surface area contributed by atoms with Crippen LogP contribution in [0.3, 0.4) is 0 Å². The van der Waals surface area contributed by atoms with E-state index in [-0.39, 0.29) is 5.91 Å². The Bertz CT molecular complexity index is 571. The SMILES string of the molecule is COc1ccc(CC(=O)NC(C)C23CC4CC(CC(C4)C2)C3)cc1. The fourth-order valence-corrected chi connectivity index (χ4v) is 6.08. The topological polar surface area (TPSA) is 38.3 Å². The summed E-state index contributed by atoms with van der Waals surface area (Å²) >= 11 is 0. The number of methoxy groups -OCH3 is 1. The van der Waals surface area contributed by atoms with Gasteiger partial charge in [0.2, 0.25) is 5.91 Å². The van der Waals surface area contributed by atoms with E-state index < -0.39 is 0 Å². The van der Waals surface area contributed by atoms with E-state index >= 15 is 0 Å². The molecule has 1 atom stereocenters. The molecule has 1 aromatic rings. The van der Waals surface area contributed by atoms with Crippen LogP contribution in [0.5, 0.6) is 5.75 Å². The molecule has 0 saturated heterocycles. The Labute approximate surface area is 145 Å². The molecule has 3 heteroatoms. The molecule has 4 aliphatic rings. The Balaban J connectivity index is 1.38. The van der Waals surface area contributed by atoms with E-state index in [4.69, 9.17) is 4.74 Å². The van der Waals surface area contributed by atoms with Gasteiger partial charge in [-0.25, -0.2) is 0 Å². The van der Waals surface area contributed by atoms with E-state index in [9.17, 15) is 4.79 Å². The summed E-state index contributed by atoms with van der Waals surface area (Å²) in [5, 5.41) is 3.34. The lowest BCUT2D eigenvalue weighted by molar-refractivity contribution is -0.125. The molecule has 5 rings (SSSR count). The van der Waals surface area contributed by atoms with Crippen LogP contribution in [0, 0.1) is 23.2 Å². The van der Waals surface area contributed by atoms with Crippen LogP contribution in [0.2, 0.25) is 0 Å². The molecule has 1 unspecified atom stereocenters. The Morgan fingerprint density at radius 1 is 1.12 bits per heavy atom. The van der Waals surface area contributed by atoms with Gasteiger partial charge < -0.3 is 10.1 Å². The highest BCUT2D eigenvalue weighted by Crippen LogP contribution is 2.61. The summed E-state index contributed by atoms with van der Waals surface area (Å²) in [6.45, 7) is 2.25. The molecule has 1 aromatic carbocycles. The van der Waals surface area contributed by atoms with Crippen molar-refractivity contribution in [1.29, 1.82) is 0 Å². The zero-order valence-electron chi connectivity index (χ0n) is 14.9. The second-order valence-electron chi connectivity index (χ2n) is 8.59. The van der Waals surface area contributed by atoms with Crippen LogP contribution >= 0.6 is 0 Å². The predicted molar refractivity (Wildman–Crippen MR) is 94.9 cm³/mol. The third kappa shape index (κ3) is 2.94. The summed E-state index contributed by atoms with van der Waals surface area (Å²) in [5.74, 6) is 3.77. The molecule has 1 amide bonds. The van der Waals surface area contributed by atoms with Crippen molar-refractivity contribution in [2.45, 2.75) is 57.9 Å². The number of carbonyl (C=O) groups excluding carboxylic acids is 1. The highest BCUT2D eigenvalue weighted by atomic mass is 16.5. The first-order valence-electron chi connectivity index (χ1n) is 9.48. The van der Waals surface area contributed by atoms with E-state index in [1.54, 1.807) is 7.11 Å². The minimum atomic E-state index is 0.156. The van der Waals surface area contributed by atoms with Gasteiger partial charge in [-0.05, 0) is 86.3 Å². The van der Waals surface area contributed by atoms with Crippen molar-refractivity contribution in [3.05, 3.63) is 29.8 Å². The first-order chi connectivity index (χ1) is 11.6. The second kappa shape index (κ2) is 6.09. The largest absolute Gasteiger partial charge is 0.497 e. The van der Waals surface area contributed by atoms with Gasteiger partial charge in [0.25, 0.3) is 0 Å². The number of rotatable bonds is 5. The zero-order valence-corrected chi connectivity index (χ0v) is 14.9. The average Bonchev–Trinajstić information content (AvgIpc) is 2.54. The lowest BCUT2D eigenvalue weighted by Gasteiger charge is -2.59. The number of ether oxygens (including phenoxy) is 1. The van der Waals surface area contributed by atoms with E-state index in [1.165, 1.54) is 38.5 Å². The monoisotopic (exact) mass is 327 g/mol. The Morgan fingerprint density at radius 3 is 2.17 bits per heavy atom. The van der Waals surface area contributed by atoms with E-state index in [0.29, 0.717) is 17.9 Å². The first kappa shape index (κ1) is 16.0. The molecule has 4 saturated carbocycles. The number of amides is 1. The van der Waals surface area contributed by atoms with Crippen molar-refractivity contribution < 1.29 is 9.53 Å². The van der Waals surface area contributed by atoms with Gasteiger partial charge in [-0.1, -0.05) is 12.1 Å². The standard InChI is InChI=1S/C21H29NO2/c1-14(21-11-16-7-17(12-21)9-18(8-16)13-21)22-20(23)10-15-3-5-19(24-2)6-4-15/h3-6,14,16-18H,7-13H2,1-2H3,(H,22,23). The van der Waals surface area contributed by atoms with Crippen LogP contribution in [0.15, 0.2) is 24.3 Å². The fraction of sp³-hybridized carbons (Fsp3) is 0.667. The van der Waals surface area contributed by atoms with E-state index in [2.05, 4.69) is 12.2 Å². The van der Waals surface area contributed by atoms with Gasteiger partial charge in [-0.3, -0.25) is 4.79 Å². The zero-order chi connectivity index (χ0) is 16.7.